The highest BCUT2D eigenvalue weighted by Crippen LogP contribution is 2.13. The van der Waals surface area contributed by atoms with E-state index in [1.165, 1.54) is 24.4 Å². The lowest BCUT2D eigenvalue weighted by molar-refractivity contribution is 0.0984. The molecule has 4 heteroatoms. The van der Waals surface area contributed by atoms with Gasteiger partial charge in [-0.1, -0.05) is 12.1 Å². The number of halogens is 2. The van der Waals surface area contributed by atoms with E-state index in [2.05, 4.69) is 4.98 Å². The Kier molecular flexibility index (Phi) is 3.69. The van der Waals surface area contributed by atoms with Crippen LogP contribution in [0.5, 0.6) is 0 Å². The van der Waals surface area contributed by atoms with Crippen LogP contribution in [-0.2, 0) is 6.42 Å². The molecular formula is C15H13F2NO. The summed E-state index contributed by atoms with van der Waals surface area (Å²) in [6, 6.07) is 5.68. The van der Waals surface area contributed by atoms with Crippen molar-refractivity contribution in [3.05, 3.63) is 64.5 Å². The van der Waals surface area contributed by atoms with E-state index in [4.69, 9.17) is 0 Å². The molecule has 0 saturated heterocycles. The standard InChI is InChI=1S/C15H13F2NO/c1-9-5-13(17)15(18-8-9)14(19)7-11-3-4-12(16)10(2)6-11/h3-6,8H,7H2,1-2H3. The van der Waals surface area contributed by atoms with E-state index >= 15 is 0 Å². The highest BCUT2D eigenvalue weighted by Gasteiger charge is 2.14. The minimum absolute atomic E-state index is 0.00804. The van der Waals surface area contributed by atoms with Gasteiger partial charge in [0.25, 0.3) is 0 Å². The molecule has 0 aliphatic carbocycles. The molecule has 0 bridgehead atoms. The Hall–Kier alpha value is -2.10. The van der Waals surface area contributed by atoms with E-state index in [9.17, 15) is 13.6 Å². The molecule has 2 rings (SSSR count). The molecule has 98 valence electrons. The normalized spacial score (nSPS) is 10.5. The maximum atomic E-state index is 13.6. The van der Waals surface area contributed by atoms with Gasteiger partial charge in [-0.25, -0.2) is 13.8 Å². The third-order valence-corrected chi connectivity index (χ3v) is 2.83. The van der Waals surface area contributed by atoms with Crippen LogP contribution in [0.2, 0.25) is 0 Å². The van der Waals surface area contributed by atoms with Crippen LogP contribution in [0, 0.1) is 25.5 Å². The molecule has 0 spiro atoms. The van der Waals surface area contributed by atoms with Gasteiger partial charge in [0.05, 0.1) is 0 Å². The molecular weight excluding hydrogens is 248 g/mol. The molecule has 2 nitrogen and oxygen atoms in total. The maximum absolute atomic E-state index is 13.6. The molecule has 0 saturated carbocycles. The van der Waals surface area contributed by atoms with Crippen molar-refractivity contribution in [3.63, 3.8) is 0 Å². The second-order valence-corrected chi connectivity index (χ2v) is 4.53. The first-order valence-electron chi connectivity index (χ1n) is 5.88. The fourth-order valence-corrected chi connectivity index (χ4v) is 1.82. The second kappa shape index (κ2) is 5.26. The molecule has 0 amide bonds. The minimum Gasteiger partial charge on any atom is -0.292 e. The molecule has 2 aromatic rings. The number of carbonyl (C=O) groups excluding carboxylic acids is 1. The van der Waals surface area contributed by atoms with Crippen molar-refractivity contribution in [3.8, 4) is 0 Å². The van der Waals surface area contributed by atoms with Gasteiger partial charge in [0.1, 0.15) is 11.5 Å². The van der Waals surface area contributed by atoms with Crippen LogP contribution in [0.3, 0.4) is 0 Å². The lowest BCUT2D eigenvalue weighted by atomic mass is 10.0. The average Bonchev–Trinajstić information content (AvgIpc) is 2.33. The van der Waals surface area contributed by atoms with Crippen molar-refractivity contribution >= 4 is 5.78 Å². The highest BCUT2D eigenvalue weighted by molar-refractivity contribution is 5.96. The van der Waals surface area contributed by atoms with Gasteiger partial charge in [-0.15, -0.1) is 0 Å². The van der Waals surface area contributed by atoms with Gasteiger partial charge in [-0.3, -0.25) is 4.79 Å². The molecule has 1 heterocycles. The second-order valence-electron chi connectivity index (χ2n) is 4.53. The first-order valence-corrected chi connectivity index (χ1v) is 5.88. The van der Waals surface area contributed by atoms with Crippen LogP contribution < -0.4 is 0 Å². The number of pyridine rings is 1. The molecule has 1 aromatic carbocycles. The molecule has 0 unspecified atom stereocenters. The van der Waals surface area contributed by atoms with Crippen LogP contribution >= 0.6 is 0 Å². The Balaban J connectivity index is 2.23. The zero-order chi connectivity index (χ0) is 14.0. The fraction of sp³-hybridized carbons (Fsp3) is 0.200. The van der Waals surface area contributed by atoms with Gasteiger partial charge < -0.3 is 0 Å². The highest BCUT2D eigenvalue weighted by atomic mass is 19.1. The van der Waals surface area contributed by atoms with Crippen LogP contribution in [0.1, 0.15) is 27.2 Å². The Morgan fingerprint density at radius 1 is 1.16 bits per heavy atom. The molecule has 0 N–H and O–H groups in total. The summed E-state index contributed by atoms with van der Waals surface area (Å²) in [5, 5.41) is 0. The summed E-state index contributed by atoms with van der Waals surface area (Å²) in [5.41, 5.74) is 1.59. The number of aromatic nitrogens is 1. The summed E-state index contributed by atoms with van der Waals surface area (Å²) in [6.07, 6.45) is 1.46. The summed E-state index contributed by atoms with van der Waals surface area (Å²) < 4.78 is 26.7. The molecule has 0 radical (unpaired) electrons. The number of rotatable bonds is 3. The van der Waals surface area contributed by atoms with E-state index in [1.54, 1.807) is 19.9 Å². The molecule has 0 atom stereocenters. The first kappa shape index (κ1) is 13.3. The van der Waals surface area contributed by atoms with E-state index in [-0.39, 0.29) is 17.9 Å². The summed E-state index contributed by atoms with van der Waals surface area (Å²) in [5.74, 6) is -1.36. The number of aryl methyl sites for hydroxylation is 2. The van der Waals surface area contributed by atoms with Crippen molar-refractivity contribution in [2.75, 3.05) is 0 Å². The number of Topliss-reactive ketones (excluding diaryl/α,β-unsaturated/α-hetero) is 1. The third kappa shape index (κ3) is 3.02. The minimum atomic E-state index is -0.621. The topological polar surface area (TPSA) is 30.0 Å². The van der Waals surface area contributed by atoms with Crippen molar-refractivity contribution in [2.45, 2.75) is 20.3 Å². The zero-order valence-corrected chi connectivity index (χ0v) is 10.7. The predicted molar refractivity (Wildman–Crippen MR) is 68.1 cm³/mol. The predicted octanol–water partition coefficient (Wildman–Crippen LogP) is 3.40. The quantitative estimate of drug-likeness (QED) is 0.792. The molecule has 0 aliphatic heterocycles. The van der Waals surface area contributed by atoms with Crippen molar-refractivity contribution in [2.24, 2.45) is 0 Å². The van der Waals surface area contributed by atoms with Crippen LogP contribution in [0.15, 0.2) is 30.5 Å². The SMILES string of the molecule is Cc1cnc(C(=O)Cc2ccc(F)c(C)c2)c(F)c1. The number of hydrogen-bond donors (Lipinski definition) is 0. The molecule has 1 aromatic heterocycles. The largest absolute Gasteiger partial charge is 0.292 e. The summed E-state index contributed by atoms with van der Waals surface area (Å²) >= 11 is 0. The van der Waals surface area contributed by atoms with Gasteiger partial charge >= 0.3 is 0 Å². The lowest BCUT2D eigenvalue weighted by Crippen LogP contribution is -2.09. The van der Waals surface area contributed by atoms with Crippen molar-refractivity contribution in [1.29, 1.82) is 0 Å². The van der Waals surface area contributed by atoms with Gasteiger partial charge in [0.2, 0.25) is 0 Å². The summed E-state index contributed by atoms with van der Waals surface area (Å²) in [7, 11) is 0. The number of carbonyl (C=O) groups is 1. The average molecular weight is 261 g/mol. The van der Waals surface area contributed by atoms with Crippen molar-refractivity contribution < 1.29 is 13.6 Å². The van der Waals surface area contributed by atoms with Gasteiger partial charge in [0, 0.05) is 12.6 Å². The van der Waals surface area contributed by atoms with Gasteiger partial charge in [-0.2, -0.15) is 0 Å². The lowest BCUT2D eigenvalue weighted by Gasteiger charge is -2.04. The van der Waals surface area contributed by atoms with Crippen LogP contribution in [-0.4, -0.2) is 10.8 Å². The van der Waals surface area contributed by atoms with Crippen LogP contribution in [0.25, 0.3) is 0 Å². The number of benzene rings is 1. The molecule has 0 aliphatic rings. The molecule has 0 fully saturated rings. The molecule has 19 heavy (non-hydrogen) atoms. The van der Waals surface area contributed by atoms with Crippen molar-refractivity contribution in [1.82, 2.24) is 4.98 Å². The maximum Gasteiger partial charge on any atom is 0.188 e. The van der Waals surface area contributed by atoms with E-state index in [0.29, 0.717) is 16.7 Å². The van der Waals surface area contributed by atoms with E-state index < -0.39 is 11.6 Å². The van der Waals surface area contributed by atoms with Crippen LogP contribution in [0.4, 0.5) is 8.78 Å². The zero-order valence-electron chi connectivity index (χ0n) is 10.7. The van der Waals surface area contributed by atoms with E-state index in [1.807, 2.05) is 0 Å². The Morgan fingerprint density at radius 3 is 2.53 bits per heavy atom. The Bertz CT molecular complexity index is 638. The number of ketones is 1. The van der Waals surface area contributed by atoms with Gasteiger partial charge in [0.15, 0.2) is 11.6 Å². The number of hydrogen-bond acceptors (Lipinski definition) is 2. The van der Waals surface area contributed by atoms with Gasteiger partial charge in [-0.05, 0) is 42.7 Å². The third-order valence-electron chi connectivity index (χ3n) is 2.83. The fourth-order valence-electron chi connectivity index (χ4n) is 1.82. The Labute approximate surface area is 110 Å². The van der Waals surface area contributed by atoms with E-state index in [0.717, 1.165) is 0 Å². The first-order chi connectivity index (χ1) is 8.97. The number of nitrogens with zero attached hydrogens (tertiary/aromatic N) is 1. The summed E-state index contributed by atoms with van der Waals surface area (Å²) in [6.45, 7) is 3.32. The Morgan fingerprint density at radius 2 is 1.89 bits per heavy atom. The monoisotopic (exact) mass is 261 g/mol. The summed E-state index contributed by atoms with van der Waals surface area (Å²) in [4.78, 5) is 15.8. The smallest absolute Gasteiger partial charge is 0.188 e.